The van der Waals surface area contributed by atoms with E-state index in [1.54, 1.807) is 18.2 Å². The number of ether oxygens (including phenoxy) is 2. The minimum Gasteiger partial charge on any atom is -0.497 e. The molecule has 0 aliphatic carbocycles. The summed E-state index contributed by atoms with van der Waals surface area (Å²) >= 11 is 0. The number of nitrogens with zero attached hydrogens (tertiary/aromatic N) is 2. The maximum absolute atomic E-state index is 13.6. The summed E-state index contributed by atoms with van der Waals surface area (Å²) in [6, 6.07) is 9.61. The number of amides is 2. The fraction of sp³-hybridized carbons (Fsp3) is 0.333. The minimum absolute atomic E-state index is 0.0556. The first-order valence-electron chi connectivity index (χ1n) is 9.71. The Morgan fingerprint density at radius 3 is 2.44 bits per heavy atom. The molecule has 0 saturated heterocycles. The molecule has 1 unspecified atom stereocenters. The summed E-state index contributed by atoms with van der Waals surface area (Å²) in [6.45, 7) is 1.10. The normalized spacial score (nSPS) is 16.8. The molecular weight excluding hydrogens is 438 g/mol. The quantitative estimate of drug-likeness (QED) is 0.485. The molecular formula is C21H25N3O7S. The first-order chi connectivity index (χ1) is 15.2. The highest BCUT2D eigenvalue weighted by Gasteiger charge is 2.41. The second kappa shape index (κ2) is 9.65. The second-order valence-corrected chi connectivity index (χ2v) is 9.18. The molecule has 10 nitrogen and oxygen atoms in total. The summed E-state index contributed by atoms with van der Waals surface area (Å²) in [4.78, 5) is 26.6. The Bertz CT molecular complexity index is 1100. The van der Waals surface area contributed by atoms with Gasteiger partial charge in [0.1, 0.15) is 18.4 Å². The number of carbonyl (C=O) groups is 2. The molecule has 2 amide bonds. The third-order valence-electron chi connectivity index (χ3n) is 5.20. The monoisotopic (exact) mass is 463 g/mol. The third kappa shape index (κ3) is 4.60. The maximum atomic E-state index is 13.6. The Morgan fingerprint density at radius 2 is 1.84 bits per heavy atom. The van der Waals surface area contributed by atoms with E-state index in [9.17, 15) is 23.2 Å². The summed E-state index contributed by atoms with van der Waals surface area (Å²) in [5, 5.41) is 9.32. The van der Waals surface area contributed by atoms with Crippen LogP contribution in [0.25, 0.3) is 0 Å². The number of fused-ring (bicyclic) bond motifs is 1. The van der Waals surface area contributed by atoms with Crippen LogP contribution in [-0.4, -0.2) is 63.2 Å². The molecule has 11 heteroatoms. The van der Waals surface area contributed by atoms with Crippen LogP contribution >= 0.6 is 0 Å². The molecule has 0 spiro atoms. The van der Waals surface area contributed by atoms with Crippen LogP contribution in [0.15, 0.2) is 47.4 Å². The number of methoxy groups -OCH3 is 2. The Morgan fingerprint density at radius 1 is 1.16 bits per heavy atom. The Balaban J connectivity index is 2.15. The molecule has 0 aromatic heterocycles. The lowest BCUT2D eigenvalue weighted by atomic mass is 10.1. The molecule has 0 bridgehead atoms. The minimum atomic E-state index is -4.19. The van der Waals surface area contributed by atoms with Gasteiger partial charge < -0.3 is 14.4 Å². The van der Waals surface area contributed by atoms with Crippen LogP contribution in [0.4, 0.5) is 5.69 Å². The van der Waals surface area contributed by atoms with Crippen molar-refractivity contribution in [3.05, 3.63) is 53.6 Å². The lowest BCUT2D eigenvalue weighted by Crippen LogP contribution is -2.53. The van der Waals surface area contributed by atoms with Gasteiger partial charge in [0.05, 0.1) is 18.6 Å². The number of rotatable bonds is 6. The summed E-state index contributed by atoms with van der Waals surface area (Å²) in [7, 11) is -1.37. The van der Waals surface area contributed by atoms with E-state index in [2.05, 4.69) is 0 Å². The number of hydrogen-bond acceptors (Lipinski definition) is 7. The average molecular weight is 464 g/mol. The molecule has 0 saturated carbocycles. The number of sulfonamides is 1. The van der Waals surface area contributed by atoms with Crippen molar-refractivity contribution in [1.82, 2.24) is 9.79 Å². The predicted octanol–water partition coefficient (Wildman–Crippen LogP) is 1.06. The lowest BCUT2D eigenvalue weighted by Gasteiger charge is -2.29. The van der Waals surface area contributed by atoms with Crippen LogP contribution < -0.4 is 15.1 Å². The topological polar surface area (TPSA) is 125 Å². The number of aryl methyl sites for hydroxylation is 1. The van der Waals surface area contributed by atoms with Gasteiger partial charge in [-0.3, -0.25) is 14.8 Å². The van der Waals surface area contributed by atoms with Gasteiger partial charge in [-0.05, 0) is 42.8 Å². The van der Waals surface area contributed by atoms with Gasteiger partial charge in [0.25, 0.3) is 11.8 Å². The molecule has 2 aromatic carbocycles. The molecule has 3 rings (SSSR count). The van der Waals surface area contributed by atoms with Crippen LogP contribution in [0.5, 0.6) is 5.75 Å². The van der Waals surface area contributed by atoms with E-state index in [1.165, 1.54) is 48.9 Å². The molecule has 1 aliphatic rings. The summed E-state index contributed by atoms with van der Waals surface area (Å²) in [6.07, 6.45) is 0. The lowest BCUT2D eigenvalue weighted by molar-refractivity contribution is -0.133. The number of hydroxylamine groups is 1. The van der Waals surface area contributed by atoms with Crippen molar-refractivity contribution in [2.45, 2.75) is 24.4 Å². The molecule has 1 atom stereocenters. The second-order valence-electron chi connectivity index (χ2n) is 7.29. The zero-order valence-corrected chi connectivity index (χ0v) is 18.8. The van der Waals surface area contributed by atoms with Crippen molar-refractivity contribution < 1.29 is 32.7 Å². The van der Waals surface area contributed by atoms with Crippen LogP contribution in [0.2, 0.25) is 0 Å². The molecule has 172 valence electrons. The van der Waals surface area contributed by atoms with Crippen LogP contribution in [0.3, 0.4) is 0 Å². The molecule has 2 aromatic rings. The van der Waals surface area contributed by atoms with E-state index in [0.29, 0.717) is 17.0 Å². The average Bonchev–Trinajstić information content (AvgIpc) is 2.96. The first-order valence-corrected chi connectivity index (χ1v) is 11.2. The standard InChI is InChI=1S/C21H25N3O7S/c1-14-4-9-18-15(10-14)11-24(32(28,29)17-7-5-16(31-3)6-8-17)19(21(26)22-27)12-23(18)20(25)13-30-2/h4-10,19,27H,11-13H2,1-3H3,(H,22,26). The Hall–Kier alpha value is -2.99. The highest BCUT2D eigenvalue weighted by atomic mass is 32.2. The molecule has 1 heterocycles. The van der Waals surface area contributed by atoms with Gasteiger partial charge in [-0.1, -0.05) is 17.7 Å². The molecule has 2 N–H and O–H groups in total. The van der Waals surface area contributed by atoms with Gasteiger partial charge in [-0.2, -0.15) is 4.31 Å². The van der Waals surface area contributed by atoms with E-state index in [0.717, 1.165) is 9.87 Å². The highest BCUT2D eigenvalue weighted by molar-refractivity contribution is 7.89. The number of nitrogens with one attached hydrogen (secondary N) is 1. The van der Waals surface area contributed by atoms with E-state index >= 15 is 0 Å². The largest absolute Gasteiger partial charge is 0.497 e. The first kappa shape index (κ1) is 23.7. The highest BCUT2D eigenvalue weighted by Crippen LogP contribution is 2.32. The maximum Gasteiger partial charge on any atom is 0.263 e. The fourth-order valence-corrected chi connectivity index (χ4v) is 5.16. The van der Waals surface area contributed by atoms with Crippen molar-refractivity contribution in [2.75, 3.05) is 32.3 Å². The number of hydrogen-bond donors (Lipinski definition) is 2. The molecule has 0 fully saturated rings. The molecule has 1 aliphatic heterocycles. The van der Waals surface area contributed by atoms with Crippen LogP contribution in [0.1, 0.15) is 11.1 Å². The van der Waals surface area contributed by atoms with E-state index < -0.39 is 27.9 Å². The molecule has 0 radical (unpaired) electrons. The number of anilines is 1. The van der Waals surface area contributed by atoms with Crippen LogP contribution in [0, 0.1) is 6.92 Å². The van der Waals surface area contributed by atoms with Gasteiger partial charge in [0.2, 0.25) is 10.0 Å². The van der Waals surface area contributed by atoms with Crippen molar-refractivity contribution in [2.24, 2.45) is 0 Å². The van der Waals surface area contributed by atoms with Gasteiger partial charge in [-0.15, -0.1) is 0 Å². The smallest absolute Gasteiger partial charge is 0.263 e. The third-order valence-corrected chi connectivity index (χ3v) is 7.07. The van der Waals surface area contributed by atoms with Gasteiger partial charge in [-0.25, -0.2) is 13.9 Å². The fourth-order valence-electron chi connectivity index (χ4n) is 3.61. The van der Waals surface area contributed by atoms with Crippen LogP contribution in [-0.2, 0) is 30.9 Å². The Labute approximate surface area is 186 Å². The summed E-state index contributed by atoms with van der Waals surface area (Å²) in [5.41, 5.74) is 3.40. The van der Waals surface area contributed by atoms with Crippen molar-refractivity contribution in [1.29, 1.82) is 0 Å². The number of benzene rings is 2. The van der Waals surface area contributed by atoms with E-state index in [-0.39, 0.29) is 24.6 Å². The van der Waals surface area contributed by atoms with E-state index in [1.807, 2.05) is 6.92 Å². The van der Waals surface area contributed by atoms with Gasteiger partial charge in [0.15, 0.2) is 0 Å². The van der Waals surface area contributed by atoms with E-state index in [4.69, 9.17) is 9.47 Å². The molecule has 32 heavy (non-hydrogen) atoms. The number of carbonyl (C=O) groups excluding carboxylic acids is 2. The van der Waals surface area contributed by atoms with Crippen molar-refractivity contribution >= 4 is 27.5 Å². The van der Waals surface area contributed by atoms with Crippen molar-refractivity contribution in [3.8, 4) is 5.75 Å². The zero-order chi connectivity index (χ0) is 23.5. The SMILES string of the molecule is COCC(=O)N1CC(C(=O)NO)N(S(=O)(=O)c2ccc(OC)cc2)Cc2cc(C)ccc21. The van der Waals surface area contributed by atoms with Gasteiger partial charge in [0, 0.05) is 19.3 Å². The summed E-state index contributed by atoms with van der Waals surface area (Å²) in [5.74, 6) is -0.930. The Kier molecular flexibility index (Phi) is 7.14. The van der Waals surface area contributed by atoms with Crippen molar-refractivity contribution in [3.63, 3.8) is 0 Å². The van der Waals surface area contributed by atoms with Gasteiger partial charge >= 0.3 is 0 Å². The predicted molar refractivity (Wildman–Crippen MR) is 115 cm³/mol. The summed E-state index contributed by atoms with van der Waals surface area (Å²) < 4.78 is 38.2. The zero-order valence-electron chi connectivity index (χ0n) is 17.9.